The van der Waals surface area contributed by atoms with Crippen molar-refractivity contribution in [2.24, 2.45) is 5.92 Å². The van der Waals surface area contributed by atoms with Gasteiger partial charge in [-0.25, -0.2) is 27.6 Å². The Morgan fingerprint density at radius 3 is 2.26 bits per heavy atom. The fourth-order valence-corrected chi connectivity index (χ4v) is 9.37. The molecule has 398 valence electrons. The molecule has 0 saturated carbocycles. The predicted molar refractivity (Wildman–Crippen MR) is 257 cm³/mol. The van der Waals surface area contributed by atoms with Gasteiger partial charge in [0.15, 0.2) is 12.3 Å². The number of benzene rings is 3. The van der Waals surface area contributed by atoms with Crippen molar-refractivity contribution in [3.63, 3.8) is 0 Å². The van der Waals surface area contributed by atoms with Gasteiger partial charge in [-0.15, -0.1) is 17.1 Å². The zero-order valence-corrected chi connectivity index (χ0v) is 42.3. The van der Waals surface area contributed by atoms with Crippen LogP contribution in [0.1, 0.15) is 51.4 Å². The topological polar surface area (TPSA) is 233 Å². The summed E-state index contributed by atoms with van der Waals surface area (Å²) in [7, 11) is 1.53. The molecule has 5 aromatic rings. The third-order valence-electron chi connectivity index (χ3n) is 13.2. The average Bonchev–Trinajstić information content (AvgIpc) is 4.16. The normalized spacial score (nSPS) is 22.9. The summed E-state index contributed by atoms with van der Waals surface area (Å²) >= 11 is 0. The highest BCUT2D eigenvalue weighted by Gasteiger charge is 2.48. The van der Waals surface area contributed by atoms with Crippen LogP contribution in [-0.2, 0) is 35.9 Å². The molecule has 3 saturated heterocycles. The molecule has 3 fully saturated rings. The first-order valence-corrected chi connectivity index (χ1v) is 23.6. The molecule has 5 N–H and O–H groups in total. The number of alkyl carbamates (subject to hydrolysis) is 1. The first kappa shape index (κ1) is 56.4. The summed E-state index contributed by atoms with van der Waals surface area (Å²) in [6.45, 7) is 8.02. The van der Waals surface area contributed by atoms with Crippen molar-refractivity contribution >= 4 is 35.8 Å². The predicted octanol–water partition coefficient (Wildman–Crippen LogP) is -0.654. The first-order valence-electron chi connectivity index (χ1n) is 23.6. The molecule has 0 aliphatic carbocycles. The molecule has 3 aliphatic rings. The van der Waals surface area contributed by atoms with Crippen molar-refractivity contribution in [2.45, 2.75) is 88.7 Å². The number of aromatic nitrogens is 6. The second kappa shape index (κ2) is 24.9. The number of rotatable bonds is 19. The molecule has 3 aliphatic heterocycles. The van der Waals surface area contributed by atoms with Crippen molar-refractivity contribution in [2.75, 3.05) is 69.4 Å². The number of nitrogens with zero attached hydrogens (tertiary/aromatic N) is 8. The minimum Gasteiger partial charge on any atom is -1.00 e. The van der Waals surface area contributed by atoms with Crippen LogP contribution >= 0.6 is 12.4 Å². The summed E-state index contributed by atoms with van der Waals surface area (Å²) in [6, 6.07) is 18.6. The number of esters is 1. The Hall–Kier alpha value is -5.92. The summed E-state index contributed by atoms with van der Waals surface area (Å²) in [5.74, 6) is -1.75. The van der Waals surface area contributed by atoms with Gasteiger partial charge in [0.2, 0.25) is 12.6 Å². The van der Waals surface area contributed by atoms with Crippen LogP contribution in [0.2, 0.25) is 0 Å². The van der Waals surface area contributed by atoms with Crippen molar-refractivity contribution in [1.82, 2.24) is 34.8 Å². The second-order valence-electron chi connectivity index (χ2n) is 18.0. The quantitative estimate of drug-likeness (QED) is 0.0511. The lowest BCUT2D eigenvalue weighted by Crippen LogP contribution is -3.00. The van der Waals surface area contributed by atoms with Crippen LogP contribution in [-0.4, -0.2) is 142 Å². The van der Waals surface area contributed by atoms with Gasteiger partial charge >= 0.3 is 17.8 Å². The number of likely N-dealkylation sites (N-methyl/N-ethyl adjacent to an activating group) is 1. The third-order valence-corrected chi connectivity index (χ3v) is 13.2. The van der Waals surface area contributed by atoms with Gasteiger partial charge in [-0.3, -0.25) is 10.1 Å². The molecule has 0 bridgehead atoms. The molecule has 2 unspecified atom stereocenters. The zero-order chi connectivity index (χ0) is 50.4. The number of hydrogen-bond acceptors (Lipinski definition) is 16. The van der Waals surface area contributed by atoms with E-state index in [1.54, 1.807) is 20.2 Å². The van der Waals surface area contributed by atoms with Crippen LogP contribution in [0, 0.1) is 17.6 Å². The van der Waals surface area contributed by atoms with Crippen LogP contribution < -0.4 is 47.8 Å². The standard InChI is InChI=1S/C48H60F2N10O11.2ClH/c1-5-40(30(2)62)60-47(66)59(28-53-60)36-9-7-34(8-10-36)55-16-18-56(19-17-55)35-11-13-37(14-12-35)67-24-32-21-48(68-25-32,38-15-6-33(49)20-39(38)50)26-58-29-57(27-52-58)31(3)69-46(65)54-45-44(71-42(63)22-51-4)43(64)41(23-61)70-45;;/h6-15,20,27-32,40-41,43-45,51,61-62,64H,5,16-19,21-26H2,1-4H3;2*1H/t30-,31?,32+,40-,41+,43-,44+,45?,48-;;/m0../s1. The number of amides is 1. The number of aliphatic hydroxyl groups excluding tert-OH is 3. The van der Waals surface area contributed by atoms with Gasteiger partial charge < -0.3 is 66.5 Å². The maximum absolute atomic E-state index is 15.6. The molecule has 21 nitrogen and oxygen atoms in total. The zero-order valence-electron chi connectivity index (χ0n) is 40.7. The van der Waals surface area contributed by atoms with Gasteiger partial charge in [0.05, 0.1) is 44.2 Å². The molecule has 8 rings (SSSR count). The van der Waals surface area contributed by atoms with E-state index >= 15 is 4.39 Å². The minimum atomic E-state index is -1.42. The van der Waals surface area contributed by atoms with Gasteiger partial charge in [0.1, 0.15) is 48.1 Å². The highest BCUT2D eigenvalue weighted by molar-refractivity contribution is 5.85. The van der Waals surface area contributed by atoms with Gasteiger partial charge in [-0.2, -0.15) is 9.67 Å². The van der Waals surface area contributed by atoms with E-state index < -0.39 is 78.8 Å². The Kier molecular flexibility index (Phi) is 19.2. The summed E-state index contributed by atoms with van der Waals surface area (Å²) in [6.07, 6.45) is -2.49. The van der Waals surface area contributed by atoms with E-state index in [0.29, 0.717) is 24.3 Å². The van der Waals surface area contributed by atoms with E-state index in [-0.39, 0.29) is 68.3 Å². The van der Waals surface area contributed by atoms with Crippen LogP contribution in [0.4, 0.5) is 25.0 Å². The molecule has 5 heterocycles. The molecule has 3 aromatic carbocycles. The Bertz CT molecular complexity index is 2660. The maximum atomic E-state index is 15.6. The lowest BCUT2D eigenvalue weighted by molar-refractivity contribution is -0.753. The first-order chi connectivity index (χ1) is 34.2. The number of anilines is 2. The fraction of sp³-hybridized carbons (Fsp3) is 0.500. The summed E-state index contributed by atoms with van der Waals surface area (Å²) < 4.78 is 64.5. The number of carbonyl (C=O) groups excluding carboxylic acids is 2. The highest BCUT2D eigenvalue weighted by Crippen LogP contribution is 2.42. The highest BCUT2D eigenvalue weighted by atomic mass is 35.5. The van der Waals surface area contributed by atoms with Crippen molar-refractivity contribution in [3.05, 3.63) is 113 Å². The van der Waals surface area contributed by atoms with Crippen molar-refractivity contribution in [1.29, 1.82) is 0 Å². The number of hydrogen-bond donors (Lipinski definition) is 5. The van der Waals surface area contributed by atoms with Gasteiger partial charge in [0.25, 0.3) is 6.33 Å². The molecule has 9 atom stereocenters. The lowest BCUT2D eigenvalue weighted by atomic mass is 9.87. The summed E-state index contributed by atoms with van der Waals surface area (Å²) in [5.41, 5.74) is 1.38. The SMILES string of the molecule is CC[C@@H]([C@H](C)O)n1ncn(-c2ccc(N3CCN(c4ccc(OC[C@@H]5CO[C@@](Cn6c[n+](C(C)OC(=O)NC7O[C@H](CO)[C@H](O)[C@H]7OC(=O)CNC)cn6)(c6ccc(F)cc6F)C5)cc4)CC3)cc2)c1=O.Cl.[Cl-]. The van der Waals surface area contributed by atoms with E-state index in [0.717, 1.165) is 43.6 Å². The van der Waals surface area contributed by atoms with Crippen LogP contribution in [0.3, 0.4) is 0 Å². The molecule has 0 radical (unpaired) electrons. The largest absolute Gasteiger partial charge is 1.00 e. The van der Waals surface area contributed by atoms with Gasteiger partial charge in [0, 0.05) is 67.1 Å². The molecule has 1 amide bonds. The summed E-state index contributed by atoms with van der Waals surface area (Å²) in [4.78, 5) is 42.8. The Morgan fingerprint density at radius 2 is 1.64 bits per heavy atom. The average molecular weight is 1060 g/mol. The molecule has 73 heavy (non-hydrogen) atoms. The molecule has 0 spiro atoms. The van der Waals surface area contributed by atoms with Crippen molar-refractivity contribution < 1.29 is 74.3 Å². The van der Waals surface area contributed by atoms with Crippen molar-refractivity contribution in [3.8, 4) is 11.4 Å². The second-order valence-corrected chi connectivity index (χ2v) is 18.0. The van der Waals surface area contributed by atoms with Crippen LogP contribution in [0.5, 0.6) is 5.75 Å². The van der Waals surface area contributed by atoms with E-state index in [2.05, 4.69) is 30.6 Å². The van der Waals surface area contributed by atoms with Gasteiger partial charge in [-0.1, -0.05) is 13.0 Å². The maximum Gasteiger partial charge on any atom is 0.412 e. The van der Waals surface area contributed by atoms with Gasteiger partial charge in [-0.05, 0) is 81.4 Å². The number of carbonyl (C=O) groups is 2. The van der Waals surface area contributed by atoms with Crippen LogP contribution in [0.15, 0.2) is 90.5 Å². The summed E-state index contributed by atoms with van der Waals surface area (Å²) in [5, 5.41) is 44.0. The number of nitrogens with one attached hydrogen (secondary N) is 2. The number of halogens is 4. The number of ether oxygens (including phenoxy) is 5. The molecular formula is C48H62Cl2F2N10O11. The Balaban J connectivity index is 0.00000435. The fourth-order valence-electron chi connectivity index (χ4n) is 9.37. The lowest BCUT2D eigenvalue weighted by Gasteiger charge is -2.37. The smallest absolute Gasteiger partial charge is 0.412 e. The van der Waals surface area contributed by atoms with Crippen LogP contribution in [0.25, 0.3) is 5.69 Å². The molecule has 25 heteroatoms. The Labute approximate surface area is 432 Å². The number of aliphatic hydroxyl groups is 3. The van der Waals surface area contributed by atoms with E-state index in [1.165, 1.54) is 50.3 Å². The Morgan fingerprint density at radius 1 is 0.986 bits per heavy atom. The van der Waals surface area contributed by atoms with E-state index in [9.17, 15) is 34.1 Å². The monoisotopic (exact) mass is 1060 g/mol. The van der Waals surface area contributed by atoms with E-state index in [4.69, 9.17) is 23.7 Å². The third kappa shape index (κ3) is 12.9. The molecule has 2 aromatic heterocycles. The molecular weight excluding hydrogens is 1000 g/mol. The number of piperazine rings is 1. The van der Waals surface area contributed by atoms with E-state index in [1.807, 2.05) is 55.5 Å². The minimum absolute atomic E-state index is 0.